The molecule has 1 aromatic carbocycles. The zero-order valence-electron chi connectivity index (χ0n) is 13.9. The van der Waals surface area contributed by atoms with Crippen molar-refractivity contribution >= 4 is 23.6 Å². The maximum atomic E-state index is 12.8. The molecular weight excluding hydrogens is 315 g/mol. The Morgan fingerprint density at radius 3 is 2.57 bits per heavy atom. The molecule has 7 heteroatoms. The van der Waals surface area contributed by atoms with Crippen LogP contribution in [0.1, 0.15) is 13.3 Å². The molecule has 0 atom stereocenters. The number of aliphatic imine (C=N–C) groups is 1. The van der Waals surface area contributed by atoms with Gasteiger partial charge in [0.25, 0.3) is 0 Å². The molecule has 0 saturated heterocycles. The van der Waals surface area contributed by atoms with E-state index in [4.69, 9.17) is 0 Å². The molecule has 1 rings (SSSR count). The van der Waals surface area contributed by atoms with Gasteiger partial charge in [-0.3, -0.25) is 4.79 Å². The molecule has 0 heterocycles. The molecular formula is C16H25FN4OS. The summed E-state index contributed by atoms with van der Waals surface area (Å²) >= 11 is 1.69. The van der Waals surface area contributed by atoms with Crippen LogP contribution in [0, 0.1) is 5.82 Å². The lowest BCUT2D eigenvalue weighted by molar-refractivity contribution is -0.127. The summed E-state index contributed by atoms with van der Waals surface area (Å²) in [7, 11) is 3.43. The Bertz CT molecular complexity index is 505. The first-order valence-corrected chi connectivity index (χ1v) is 8.62. The second-order valence-electron chi connectivity index (χ2n) is 5.07. The fraction of sp³-hybridized carbons (Fsp3) is 0.500. The molecule has 0 fully saturated rings. The van der Waals surface area contributed by atoms with Gasteiger partial charge in [0.2, 0.25) is 5.91 Å². The number of likely N-dealkylation sites (N-methyl/N-ethyl adjacent to an activating group) is 1. The standard InChI is InChI=1S/C16H25FN4OS/c1-4-18-16(20-12-15(22)21(2)3)19-10-5-11-23-14-8-6-13(17)7-9-14/h6-9H,4-5,10-12H2,1-3H3,(H2,18,19,20). The summed E-state index contributed by atoms with van der Waals surface area (Å²) < 4.78 is 12.8. The van der Waals surface area contributed by atoms with Gasteiger partial charge in [-0.2, -0.15) is 0 Å². The fourth-order valence-corrected chi connectivity index (χ4v) is 2.48. The third-order valence-electron chi connectivity index (χ3n) is 2.91. The third-order valence-corrected chi connectivity index (χ3v) is 4.01. The molecule has 0 aromatic heterocycles. The quantitative estimate of drug-likeness (QED) is 0.329. The number of guanidine groups is 1. The molecule has 0 unspecified atom stereocenters. The highest BCUT2D eigenvalue weighted by Gasteiger charge is 2.03. The Balaban J connectivity index is 2.28. The highest BCUT2D eigenvalue weighted by Crippen LogP contribution is 2.18. The van der Waals surface area contributed by atoms with Gasteiger partial charge in [0.1, 0.15) is 12.4 Å². The predicted molar refractivity (Wildman–Crippen MR) is 94.4 cm³/mol. The van der Waals surface area contributed by atoms with E-state index in [0.717, 1.165) is 30.2 Å². The number of nitrogens with zero attached hydrogens (tertiary/aromatic N) is 2. The van der Waals surface area contributed by atoms with Crippen LogP contribution in [0.15, 0.2) is 34.2 Å². The van der Waals surface area contributed by atoms with Crippen molar-refractivity contribution < 1.29 is 9.18 Å². The van der Waals surface area contributed by atoms with Crippen LogP contribution >= 0.6 is 11.8 Å². The molecule has 0 aliphatic heterocycles. The summed E-state index contributed by atoms with van der Waals surface area (Å²) in [6.45, 7) is 3.62. The van der Waals surface area contributed by atoms with Crippen molar-refractivity contribution in [1.29, 1.82) is 0 Å². The van der Waals surface area contributed by atoms with Crippen LogP contribution < -0.4 is 10.6 Å². The van der Waals surface area contributed by atoms with Gasteiger partial charge in [-0.1, -0.05) is 0 Å². The Kier molecular flexibility index (Phi) is 9.12. The summed E-state index contributed by atoms with van der Waals surface area (Å²) in [5.74, 6) is 1.33. The number of carbonyl (C=O) groups excluding carboxylic acids is 1. The van der Waals surface area contributed by atoms with Crippen LogP contribution in [0.25, 0.3) is 0 Å². The van der Waals surface area contributed by atoms with E-state index in [1.54, 1.807) is 38.0 Å². The van der Waals surface area contributed by atoms with E-state index in [-0.39, 0.29) is 18.3 Å². The number of halogens is 1. The van der Waals surface area contributed by atoms with Crippen LogP contribution in [0.2, 0.25) is 0 Å². The second kappa shape index (κ2) is 10.9. The number of hydrogen-bond acceptors (Lipinski definition) is 3. The number of carbonyl (C=O) groups is 1. The van der Waals surface area contributed by atoms with Gasteiger partial charge in [0.15, 0.2) is 5.96 Å². The van der Waals surface area contributed by atoms with Gasteiger partial charge in [0, 0.05) is 32.1 Å². The lowest BCUT2D eigenvalue weighted by Crippen LogP contribution is -2.39. The Hall–Kier alpha value is -1.76. The lowest BCUT2D eigenvalue weighted by atomic mass is 10.4. The zero-order valence-corrected chi connectivity index (χ0v) is 14.8. The van der Waals surface area contributed by atoms with Crippen LogP contribution in [-0.4, -0.2) is 56.2 Å². The van der Waals surface area contributed by atoms with Gasteiger partial charge >= 0.3 is 0 Å². The van der Waals surface area contributed by atoms with E-state index >= 15 is 0 Å². The topological polar surface area (TPSA) is 56.7 Å². The minimum absolute atomic E-state index is 0.0333. The minimum atomic E-state index is -0.213. The van der Waals surface area contributed by atoms with Crippen molar-refractivity contribution in [2.75, 3.05) is 39.5 Å². The van der Waals surface area contributed by atoms with Gasteiger partial charge in [-0.15, -0.1) is 11.8 Å². The molecule has 0 saturated carbocycles. The molecule has 2 N–H and O–H groups in total. The molecule has 0 aliphatic rings. The number of hydrogen-bond donors (Lipinski definition) is 2. The molecule has 128 valence electrons. The van der Waals surface area contributed by atoms with Gasteiger partial charge in [-0.25, -0.2) is 9.38 Å². The highest BCUT2D eigenvalue weighted by molar-refractivity contribution is 7.99. The van der Waals surface area contributed by atoms with E-state index in [9.17, 15) is 9.18 Å². The first-order valence-electron chi connectivity index (χ1n) is 7.63. The molecule has 0 radical (unpaired) electrons. The third kappa shape index (κ3) is 8.44. The molecule has 1 aromatic rings. The van der Waals surface area contributed by atoms with E-state index < -0.39 is 0 Å². The van der Waals surface area contributed by atoms with Crippen LogP contribution in [0.5, 0.6) is 0 Å². The number of nitrogens with one attached hydrogen (secondary N) is 2. The van der Waals surface area contributed by atoms with Crippen molar-refractivity contribution in [2.45, 2.75) is 18.2 Å². The Morgan fingerprint density at radius 1 is 1.26 bits per heavy atom. The first kappa shape index (κ1) is 19.3. The second-order valence-corrected chi connectivity index (χ2v) is 6.23. The van der Waals surface area contributed by atoms with Crippen LogP contribution in [0.4, 0.5) is 4.39 Å². The van der Waals surface area contributed by atoms with Crippen molar-refractivity contribution in [3.05, 3.63) is 30.1 Å². The fourth-order valence-electron chi connectivity index (χ4n) is 1.63. The molecule has 0 bridgehead atoms. The average Bonchev–Trinajstić information content (AvgIpc) is 2.53. The summed E-state index contributed by atoms with van der Waals surface area (Å²) in [6, 6.07) is 6.51. The van der Waals surface area contributed by atoms with E-state index in [2.05, 4.69) is 15.6 Å². The smallest absolute Gasteiger partial charge is 0.243 e. The molecule has 0 aliphatic carbocycles. The number of rotatable bonds is 8. The van der Waals surface area contributed by atoms with Crippen molar-refractivity contribution in [1.82, 2.24) is 15.5 Å². The van der Waals surface area contributed by atoms with Crippen molar-refractivity contribution in [3.63, 3.8) is 0 Å². The number of benzene rings is 1. The summed E-state index contributed by atoms with van der Waals surface area (Å²) in [5.41, 5.74) is 0. The zero-order chi connectivity index (χ0) is 17.1. The minimum Gasteiger partial charge on any atom is -0.357 e. The van der Waals surface area contributed by atoms with E-state index in [0.29, 0.717) is 5.96 Å². The van der Waals surface area contributed by atoms with Crippen molar-refractivity contribution in [3.8, 4) is 0 Å². The summed E-state index contributed by atoms with van der Waals surface area (Å²) in [4.78, 5) is 18.4. The highest BCUT2D eigenvalue weighted by atomic mass is 32.2. The summed E-state index contributed by atoms with van der Waals surface area (Å²) in [6.07, 6.45) is 0.939. The maximum absolute atomic E-state index is 12.8. The molecule has 0 spiro atoms. The van der Waals surface area contributed by atoms with E-state index in [1.165, 1.54) is 17.0 Å². The molecule has 5 nitrogen and oxygen atoms in total. The Morgan fingerprint density at radius 2 is 1.96 bits per heavy atom. The lowest BCUT2D eigenvalue weighted by Gasteiger charge is -2.12. The van der Waals surface area contributed by atoms with Crippen molar-refractivity contribution in [2.24, 2.45) is 4.99 Å². The normalized spacial score (nSPS) is 11.2. The SMILES string of the molecule is CCNC(=NCC(=O)N(C)C)NCCCSc1ccc(F)cc1. The predicted octanol–water partition coefficient (Wildman–Crippen LogP) is 1.95. The first-order chi connectivity index (χ1) is 11.0. The molecule has 23 heavy (non-hydrogen) atoms. The molecule has 1 amide bonds. The monoisotopic (exact) mass is 340 g/mol. The van der Waals surface area contributed by atoms with Crippen LogP contribution in [-0.2, 0) is 4.79 Å². The van der Waals surface area contributed by atoms with Gasteiger partial charge in [0.05, 0.1) is 0 Å². The average molecular weight is 340 g/mol. The van der Waals surface area contributed by atoms with Crippen LogP contribution in [0.3, 0.4) is 0 Å². The Labute approximate surface area is 141 Å². The van der Waals surface area contributed by atoms with Gasteiger partial charge < -0.3 is 15.5 Å². The number of thioether (sulfide) groups is 1. The maximum Gasteiger partial charge on any atom is 0.243 e. The summed E-state index contributed by atoms with van der Waals surface area (Å²) in [5, 5.41) is 6.32. The van der Waals surface area contributed by atoms with Gasteiger partial charge in [-0.05, 0) is 43.4 Å². The largest absolute Gasteiger partial charge is 0.357 e. The van der Waals surface area contributed by atoms with E-state index in [1.807, 2.05) is 6.92 Å². The number of amides is 1.